The Morgan fingerprint density at radius 2 is 1.90 bits per heavy atom. The average molecular weight is 319 g/mol. The third kappa shape index (κ3) is 3.94. The average Bonchev–Trinajstić information content (AvgIpc) is 2.37. The molecule has 0 bridgehead atoms. The van der Waals surface area contributed by atoms with Crippen LogP contribution < -0.4 is 5.73 Å². The molecule has 2 rings (SSSR count). The van der Waals surface area contributed by atoms with E-state index in [1.165, 1.54) is 12.1 Å². The number of piperidine rings is 1. The predicted molar refractivity (Wildman–Crippen MR) is 79.9 cm³/mol. The Bertz CT molecular complexity index is 572. The van der Waals surface area contributed by atoms with Gasteiger partial charge in [-0.1, -0.05) is 0 Å². The first-order valence-electron chi connectivity index (χ1n) is 6.23. The van der Waals surface area contributed by atoms with Crippen LogP contribution >= 0.6 is 12.4 Å². The molecule has 1 aromatic carbocycles. The van der Waals surface area contributed by atoms with E-state index in [0.29, 0.717) is 18.7 Å². The van der Waals surface area contributed by atoms with E-state index in [2.05, 4.69) is 0 Å². The quantitative estimate of drug-likeness (QED) is 0.884. The molecule has 1 amide bonds. The third-order valence-electron chi connectivity index (χ3n) is 3.27. The summed E-state index contributed by atoms with van der Waals surface area (Å²) in [5, 5.41) is 0. The van der Waals surface area contributed by atoms with Crippen LogP contribution in [0, 0.1) is 0 Å². The summed E-state index contributed by atoms with van der Waals surface area (Å²) in [5.41, 5.74) is 6.35. The van der Waals surface area contributed by atoms with Gasteiger partial charge >= 0.3 is 0 Å². The van der Waals surface area contributed by atoms with E-state index in [0.717, 1.165) is 19.1 Å². The molecule has 1 unspecified atom stereocenters. The van der Waals surface area contributed by atoms with Gasteiger partial charge in [0.05, 0.1) is 4.90 Å². The van der Waals surface area contributed by atoms with Crippen LogP contribution in [0.25, 0.3) is 0 Å². The SMILES string of the molecule is CS(=O)(=O)c1ccc(C(=O)N2CCCC(N)C2)cc1.Cl. The molecule has 1 aliphatic heterocycles. The van der Waals surface area contributed by atoms with Crippen molar-refractivity contribution in [3.05, 3.63) is 29.8 Å². The van der Waals surface area contributed by atoms with E-state index in [1.807, 2.05) is 0 Å². The van der Waals surface area contributed by atoms with Gasteiger partial charge in [0, 0.05) is 31.0 Å². The number of halogens is 1. The summed E-state index contributed by atoms with van der Waals surface area (Å²) < 4.78 is 22.7. The maximum absolute atomic E-state index is 12.2. The standard InChI is InChI=1S/C13H18N2O3S.ClH/c1-19(17,18)12-6-4-10(5-7-12)13(16)15-8-2-3-11(14)9-15;/h4-7,11H,2-3,8-9,14H2,1H3;1H. The number of hydrogen-bond acceptors (Lipinski definition) is 4. The Balaban J connectivity index is 0.00000200. The van der Waals surface area contributed by atoms with Gasteiger partial charge < -0.3 is 10.6 Å². The van der Waals surface area contributed by atoms with Crippen molar-refractivity contribution in [1.29, 1.82) is 0 Å². The molecule has 5 nitrogen and oxygen atoms in total. The highest BCUT2D eigenvalue weighted by Gasteiger charge is 2.22. The molecule has 1 aliphatic rings. The lowest BCUT2D eigenvalue weighted by molar-refractivity contribution is 0.0708. The van der Waals surface area contributed by atoms with Crippen LogP contribution in [0.2, 0.25) is 0 Å². The lowest BCUT2D eigenvalue weighted by Crippen LogP contribution is -2.45. The van der Waals surface area contributed by atoms with Gasteiger partial charge in [-0.3, -0.25) is 4.79 Å². The number of rotatable bonds is 2. The molecule has 0 aliphatic carbocycles. The van der Waals surface area contributed by atoms with Crippen LogP contribution in [0.1, 0.15) is 23.2 Å². The van der Waals surface area contributed by atoms with Crippen molar-refractivity contribution in [2.75, 3.05) is 19.3 Å². The van der Waals surface area contributed by atoms with Crippen LogP contribution in [0.3, 0.4) is 0 Å². The minimum Gasteiger partial charge on any atom is -0.337 e. The Morgan fingerprint density at radius 1 is 1.30 bits per heavy atom. The molecule has 1 fully saturated rings. The monoisotopic (exact) mass is 318 g/mol. The van der Waals surface area contributed by atoms with E-state index < -0.39 is 9.84 Å². The second-order valence-electron chi connectivity index (χ2n) is 4.95. The van der Waals surface area contributed by atoms with E-state index in [-0.39, 0.29) is 29.3 Å². The minimum absolute atomic E-state index is 0. The Labute approximate surface area is 125 Å². The Morgan fingerprint density at radius 3 is 2.40 bits per heavy atom. The van der Waals surface area contributed by atoms with Crippen molar-refractivity contribution in [3.63, 3.8) is 0 Å². The number of nitrogens with zero attached hydrogens (tertiary/aromatic N) is 1. The zero-order valence-electron chi connectivity index (χ0n) is 11.3. The lowest BCUT2D eigenvalue weighted by Gasteiger charge is -2.30. The largest absolute Gasteiger partial charge is 0.337 e. The fourth-order valence-electron chi connectivity index (χ4n) is 2.22. The van der Waals surface area contributed by atoms with E-state index >= 15 is 0 Å². The molecule has 1 atom stereocenters. The van der Waals surface area contributed by atoms with Gasteiger partial charge in [-0.2, -0.15) is 0 Å². The van der Waals surface area contributed by atoms with Gasteiger partial charge in [0.15, 0.2) is 9.84 Å². The summed E-state index contributed by atoms with van der Waals surface area (Å²) in [4.78, 5) is 14.2. The van der Waals surface area contributed by atoms with Gasteiger partial charge in [0.1, 0.15) is 0 Å². The molecule has 112 valence electrons. The molecule has 0 aromatic heterocycles. The molecule has 7 heteroatoms. The molecular formula is C13H19ClN2O3S. The molecule has 2 N–H and O–H groups in total. The molecule has 0 spiro atoms. The minimum atomic E-state index is -3.22. The van der Waals surface area contributed by atoms with Gasteiger partial charge in [-0.25, -0.2) is 8.42 Å². The Kier molecular flexibility index (Phi) is 5.56. The molecule has 20 heavy (non-hydrogen) atoms. The zero-order chi connectivity index (χ0) is 14.0. The fourth-order valence-corrected chi connectivity index (χ4v) is 2.85. The summed E-state index contributed by atoms with van der Waals surface area (Å²) in [6.45, 7) is 1.27. The number of amides is 1. The number of benzene rings is 1. The zero-order valence-corrected chi connectivity index (χ0v) is 12.9. The van der Waals surface area contributed by atoms with Crippen molar-refractivity contribution in [1.82, 2.24) is 4.90 Å². The van der Waals surface area contributed by atoms with E-state index in [9.17, 15) is 13.2 Å². The summed E-state index contributed by atoms with van der Waals surface area (Å²) in [7, 11) is -3.22. The first-order valence-corrected chi connectivity index (χ1v) is 8.12. The van der Waals surface area contributed by atoms with Crippen molar-refractivity contribution in [3.8, 4) is 0 Å². The second-order valence-corrected chi connectivity index (χ2v) is 6.97. The summed E-state index contributed by atoms with van der Waals surface area (Å²) >= 11 is 0. The first kappa shape index (κ1) is 16.9. The number of carbonyl (C=O) groups excluding carboxylic acids is 1. The first-order chi connectivity index (χ1) is 8.88. The maximum atomic E-state index is 12.2. The molecule has 1 aromatic rings. The highest BCUT2D eigenvalue weighted by Crippen LogP contribution is 2.15. The highest BCUT2D eigenvalue weighted by molar-refractivity contribution is 7.90. The van der Waals surface area contributed by atoms with Gasteiger partial charge in [-0.05, 0) is 37.1 Å². The number of nitrogens with two attached hydrogens (primary N) is 1. The number of likely N-dealkylation sites (tertiary alicyclic amines) is 1. The van der Waals surface area contributed by atoms with Crippen LogP contribution in [0.5, 0.6) is 0 Å². The Hall–Kier alpha value is -1.11. The van der Waals surface area contributed by atoms with Gasteiger partial charge in [0.2, 0.25) is 0 Å². The van der Waals surface area contributed by atoms with Crippen molar-refractivity contribution in [2.24, 2.45) is 5.73 Å². The lowest BCUT2D eigenvalue weighted by atomic mass is 10.1. The van der Waals surface area contributed by atoms with Gasteiger partial charge in [-0.15, -0.1) is 12.4 Å². The normalized spacial score (nSPS) is 19.3. The molecular weight excluding hydrogens is 300 g/mol. The number of hydrogen-bond donors (Lipinski definition) is 1. The van der Waals surface area contributed by atoms with Crippen LogP contribution in [-0.2, 0) is 9.84 Å². The number of carbonyl (C=O) groups is 1. The molecule has 0 radical (unpaired) electrons. The van der Waals surface area contributed by atoms with Crippen molar-refractivity contribution < 1.29 is 13.2 Å². The molecule has 1 heterocycles. The molecule has 1 saturated heterocycles. The predicted octanol–water partition coefficient (Wildman–Crippen LogP) is 1.08. The van der Waals surface area contributed by atoms with Crippen molar-refractivity contribution in [2.45, 2.75) is 23.8 Å². The fraction of sp³-hybridized carbons (Fsp3) is 0.462. The van der Waals surface area contributed by atoms with E-state index in [1.54, 1.807) is 17.0 Å². The summed E-state index contributed by atoms with van der Waals surface area (Å²) in [6.07, 6.45) is 3.00. The second kappa shape index (κ2) is 6.56. The third-order valence-corrected chi connectivity index (χ3v) is 4.40. The van der Waals surface area contributed by atoms with Gasteiger partial charge in [0.25, 0.3) is 5.91 Å². The number of sulfone groups is 1. The van der Waals surface area contributed by atoms with Crippen molar-refractivity contribution >= 4 is 28.2 Å². The van der Waals surface area contributed by atoms with Crippen LogP contribution in [0.15, 0.2) is 29.2 Å². The summed E-state index contributed by atoms with van der Waals surface area (Å²) in [6, 6.07) is 6.07. The topological polar surface area (TPSA) is 80.5 Å². The maximum Gasteiger partial charge on any atom is 0.253 e. The summed E-state index contributed by atoms with van der Waals surface area (Å²) in [5.74, 6) is -0.0878. The van der Waals surface area contributed by atoms with Crippen LogP contribution in [0.4, 0.5) is 0 Å². The van der Waals surface area contributed by atoms with E-state index in [4.69, 9.17) is 5.73 Å². The van der Waals surface area contributed by atoms with Crippen LogP contribution in [-0.4, -0.2) is 44.6 Å². The highest BCUT2D eigenvalue weighted by atomic mass is 35.5. The molecule has 0 saturated carbocycles. The smallest absolute Gasteiger partial charge is 0.253 e.